The molecule has 3 aromatic carbocycles. The summed E-state index contributed by atoms with van der Waals surface area (Å²) in [4.78, 5) is 46.4. The number of aromatic hydroxyl groups is 1. The average molecular weight is 704 g/mol. The van der Waals surface area contributed by atoms with E-state index in [2.05, 4.69) is 56.4 Å². The monoisotopic (exact) mass is 703 g/mol. The average Bonchev–Trinajstić information content (AvgIpc) is 3.46. The number of imide groups is 1. The van der Waals surface area contributed by atoms with Crippen LogP contribution >= 0.6 is 0 Å². The van der Waals surface area contributed by atoms with Gasteiger partial charge in [-0.3, -0.25) is 24.6 Å². The smallest absolute Gasteiger partial charge is 0.255 e. The number of benzene rings is 3. The molecule has 4 fully saturated rings. The first-order chi connectivity index (χ1) is 25.4. The number of phenols is 1. The number of fused-ring (bicyclic) bond motifs is 2. The minimum absolute atomic E-state index is 0.120. The van der Waals surface area contributed by atoms with E-state index in [0.29, 0.717) is 42.2 Å². The quantitative estimate of drug-likeness (QED) is 0.327. The predicted octanol–water partition coefficient (Wildman–Crippen LogP) is 5.13. The van der Waals surface area contributed by atoms with Crippen LogP contribution in [0.2, 0.25) is 0 Å². The number of amides is 3. The molecule has 1 aliphatic carbocycles. The lowest BCUT2D eigenvalue weighted by Crippen LogP contribution is -2.52. The van der Waals surface area contributed by atoms with Crippen LogP contribution in [0.25, 0.3) is 0 Å². The normalized spacial score (nSPS) is 25.7. The van der Waals surface area contributed by atoms with E-state index in [4.69, 9.17) is 4.74 Å². The summed E-state index contributed by atoms with van der Waals surface area (Å²) in [7, 11) is 0. The number of ether oxygens (including phenoxy) is 1. The molecular formula is C42H49N5O5. The SMILES string of the molecule is O=C1CC[C@@H](N2Cc3cc(N4CCN(CC5CCN(c6ccc([C@@H]7c8ccc(O)cc8OC[C@@H]7C7CCC7)cc6)CC5)CC4)ccc3C2=O)C(=O)N1. The van der Waals surface area contributed by atoms with Crippen molar-refractivity contribution >= 4 is 29.1 Å². The van der Waals surface area contributed by atoms with Crippen LogP contribution < -0.4 is 19.9 Å². The summed E-state index contributed by atoms with van der Waals surface area (Å²) < 4.78 is 6.17. The maximum atomic E-state index is 13.1. The molecule has 0 spiro atoms. The van der Waals surface area contributed by atoms with E-state index >= 15 is 0 Å². The zero-order valence-electron chi connectivity index (χ0n) is 29.8. The molecule has 0 unspecified atom stereocenters. The van der Waals surface area contributed by atoms with Gasteiger partial charge < -0.3 is 24.5 Å². The molecule has 3 atom stereocenters. The minimum Gasteiger partial charge on any atom is -0.508 e. The van der Waals surface area contributed by atoms with E-state index in [1.54, 1.807) is 17.0 Å². The zero-order chi connectivity index (χ0) is 35.3. The third-order valence-electron chi connectivity index (χ3n) is 12.9. The van der Waals surface area contributed by atoms with Gasteiger partial charge in [0.15, 0.2) is 0 Å². The molecule has 5 aliphatic heterocycles. The summed E-state index contributed by atoms with van der Waals surface area (Å²) in [6.07, 6.45) is 6.93. The van der Waals surface area contributed by atoms with E-state index < -0.39 is 6.04 Å². The van der Waals surface area contributed by atoms with Gasteiger partial charge in [-0.05, 0) is 78.6 Å². The fourth-order valence-corrected chi connectivity index (χ4v) is 9.70. The summed E-state index contributed by atoms with van der Waals surface area (Å²) in [6, 6.07) is 20.5. The number of anilines is 2. The molecule has 0 radical (unpaired) electrons. The number of hydrogen-bond donors (Lipinski definition) is 2. The molecule has 5 heterocycles. The van der Waals surface area contributed by atoms with Crippen LogP contribution in [0.4, 0.5) is 11.4 Å². The van der Waals surface area contributed by atoms with E-state index in [0.717, 1.165) is 69.4 Å². The Morgan fingerprint density at radius 1 is 0.788 bits per heavy atom. The van der Waals surface area contributed by atoms with Crippen LogP contribution in [0.1, 0.15) is 77.9 Å². The summed E-state index contributed by atoms with van der Waals surface area (Å²) in [5.41, 5.74) is 6.63. The molecule has 6 aliphatic rings. The Kier molecular flexibility index (Phi) is 8.81. The van der Waals surface area contributed by atoms with E-state index in [-0.39, 0.29) is 29.9 Å². The van der Waals surface area contributed by atoms with Gasteiger partial charge in [0.1, 0.15) is 17.5 Å². The van der Waals surface area contributed by atoms with E-state index in [1.807, 2.05) is 12.1 Å². The molecule has 52 heavy (non-hydrogen) atoms. The van der Waals surface area contributed by atoms with Gasteiger partial charge in [0.25, 0.3) is 5.91 Å². The van der Waals surface area contributed by atoms with Gasteiger partial charge in [0.2, 0.25) is 11.8 Å². The number of phenolic OH excluding ortho intramolecular Hbond substituents is 1. The van der Waals surface area contributed by atoms with Crippen LogP contribution in [-0.4, -0.2) is 91.1 Å². The molecule has 1 saturated carbocycles. The van der Waals surface area contributed by atoms with Gasteiger partial charge in [-0.2, -0.15) is 0 Å². The van der Waals surface area contributed by atoms with Crippen molar-refractivity contribution in [1.82, 2.24) is 15.1 Å². The molecule has 3 amide bonds. The van der Waals surface area contributed by atoms with E-state index in [1.165, 1.54) is 48.9 Å². The number of carbonyl (C=O) groups is 3. The molecular weight excluding hydrogens is 654 g/mol. The zero-order valence-corrected chi connectivity index (χ0v) is 29.8. The van der Waals surface area contributed by atoms with Crippen LogP contribution in [0.3, 0.4) is 0 Å². The van der Waals surface area contributed by atoms with Crippen molar-refractivity contribution in [1.29, 1.82) is 0 Å². The Hall–Kier alpha value is -4.57. The molecule has 272 valence electrons. The van der Waals surface area contributed by atoms with Crippen molar-refractivity contribution in [2.75, 3.05) is 62.2 Å². The van der Waals surface area contributed by atoms with Gasteiger partial charge in [-0.15, -0.1) is 0 Å². The summed E-state index contributed by atoms with van der Waals surface area (Å²) in [5, 5.41) is 12.5. The van der Waals surface area contributed by atoms with Crippen molar-refractivity contribution in [3.05, 3.63) is 82.9 Å². The lowest BCUT2D eigenvalue weighted by atomic mass is 9.66. The molecule has 3 aromatic rings. The number of piperidine rings is 2. The first-order valence-electron chi connectivity index (χ1n) is 19.4. The second-order valence-electron chi connectivity index (χ2n) is 15.9. The van der Waals surface area contributed by atoms with Gasteiger partial charge in [0, 0.05) is 99.2 Å². The Labute approximate surface area is 305 Å². The number of carbonyl (C=O) groups excluding carboxylic acids is 3. The fraction of sp³-hybridized carbons (Fsp3) is 0.500. The van der Waals surface area contributed by atoms with Crippen molar-refractivity contribution in [2.45, 2.75) is 63.5 Å². The second kappa shape index (κ2) is 13.8. The van der Waals surface area contributed by atoms with Crippen molar-refractivity contribution in [2.24, 2.45) is 17.8 Å². The first kappa shape index (κ1) is 33.3. The number of nitrogens with one attached hydrogen (secondary N) is 1. The molecule has 9 rings (SSSR count). The standard InChI is InChI=1S/C42H49N5O5/c48-33-9-11-35-38(23-33)52-26-36(28-2-1-3-28)40(35)29-4-6-31(7-5-29)45-16-14-27(15-17-45)24-44-18-20-46(21-19-44)32-8-10-34-30(22-32)25-47(42(34)51)37-12-13-39(49)43-41(37)50/h4-11,22-23,27-28,36-37,40,48H,1-3,12-21,24-26H2,(H,43,49,50)/t36-,37-,40-/m1/s1. The fourth-order valence-electron chi connectivity index (χ4n) is 9.70. The third kappa shape index (κ3) is 6.29. The van der Waals surface area contributed by atoms with Gasteiger partial charge >= 0.3 is 0 Å². The van der Waals surface area contributed by atoms with Crippen LogP contribution in [0.15, 0.2) is 60.7 Å². The first-order valence-corrected chi connectivity index (χ1v) is 19.4. The van der Waals surface area contributed by atoms with Crippen molar-refractivity contribution in [3.8, 4) is 11.5 Å². The lowest BCUT2D eigenvalue weighted by molar-refractivity contribution is -0.136. The Morgan fingerprint density at radius 2 is 1.54 bits per heavy atom. The van der Waals surface area contributed by atoms with Gasteiger partial charge in [-0.1, -0.05) is 37.5 Å². The topological polar surface area (TPSA) is 106 Å². The minimum atomic E-state index is -0.583. The maximum absolute atomic E-state index is 13.1. The highest BCUT2D eigenvalue weighted by molar-refractivity contribution is 6.05. The highest BCUT2D eigenvalue weighted by Gasteiger charge is 2.41. The van der Waals surface area contributed by atoms with Gasteiger partial charge in [-0.25, -0.2) is 0 Å². The number of rotatable bonds is 7. The number of nitrogens with zero attached hydrogens (tertiary/aromatic N) is 4. The van der Waals surface area contributed by atoms with Gasteiger partial charge in [0.05, 0.1) is 6.61 Å². The van der Waals surface area contributed by atoms with Crippen LogP contribution in [-0.2, 0) is 16.1 Å². The summed E-state index contributed by atoms with van der Waals surface area (Å²) in [5.74, 6) is 2.52. The summed E-state index contributed by atoms with van der Waals surface area (Å²) >= 11 is 0. The molecule has 10 nitrogen and oxygen atoms in total. The van der Waals surface area contributed by atoms with E-state index in [9.17, 15) is 19.5 Å². The largest absolute Gasteiger partial charge is 0.508 e. The molecule has 10 heteroatoms. The number of hydrogen-bond acceptors (Lipinski definition) is 8. The third-order valence-corrected chi connectivity index (χ3v) is 12.9. The molecule has 0 aromatic heterocycles. The highest BCUT2D eigenvalue weighted by Crippen LogP contribution is 2.50. The molecule has 2 N–H and O–H groups in total. The predicted molar refractivity (Wildman–Crippen MR) is 199 cm³/mol. The van der Waals surface area contributed by atoms with Crippen LogP contribution in [0.5, 0.6) is 11.5 Å². The lowest BCUT2D eigenvalue weighted by Gasteiger charge is -2.42. The Morgan fingerprint density at radius 3 is 2.27 bits per heavy atom. The highest BCUT2D eigenvalue weighted by atomic mass is 16.5. The molecule has 0 bridgehead atoms. The van der Waals surface area contributed by atoms with Crippen LogP contribution in [0, 0.1) is 17.8 Å². The Bertz CT molecular complexity index is 1840. The van der Waals surface area contributed by atoms with Crippen molar-refractivity contribution in [3.63, 3.8) is 0 Å². The summed E-state index contributed by atoms with van der Waals surface area (Å²) in [6.45, 7) is 8.39. The number of piperazine rings is 1. The molecule has 3 saturated heterocycles. The van der Waals surface area contributed by atoms with Crippen molar-refractivity contribution < 1.29 is 24.2 Å². The second-order valence-corrected chi connectivity index (χ2v) is 15.9. The maximum Gasteiger partial charge on any atom is 0.255 e. The Balaban J connectivity index is 0.768.